The van der Waals surface area contributed by atoms with Crippen molar-refractivity contribution in [1.29, 1.82) is 0 Å². The molecule has 0 spiro atoms. The Morgan fingerprint density at radius 3 is 2.79 bits per heavy atom. The molecule has 0 aromatic heterocycles. The molecule has 1 rings (SSSR count). The van der Waals surface area contributed by atoms with Gasteiger partial charge in [-0.05, 0) is 25.0 Å². The van der Waals surface area contributed by atoms with Crippen LogP contribution >= 0.6 is 0 Å². The van der Waals surface area contributed by atoms with Crippen LogP contribution in [-0.4, -0.2) is 5.91 Å². The van der Waals surface area contributed by atoms with E-state index in [9.17, 15) is 4.79 Å². The summed E-state index contributed by atoms with van der Waals surface area (Å²) in [5.41, 5.74) is 1.73. The van der Waals surface area contributed by atoms with E-state index in [0.717, 1.165) is 17.5 Å². The largest absolute Gasteiger partial charge is 0.329 e. The van der Waals surface area contributed by atoms with Gasteiger partial charge in [0.05, 0.1) is 0 Å². The summed E-state index contributed by atoms with van der Waals surface area (Å²) in [7, 11) is 0. The minimum Gasteiger partial charge on any atom is -0.329 e. The number of aryl methyl sites for hydroxylation is 1. The maximum absolute atomic E-state index is 11.6. The first-order valence-corrected chi connectivity index (χ1v) is 4.77. The predicted octanol–water partition coefficient (Wildman–Crippen LogP) is 2.65. The highest BCUT2D eigenvalue weighted by Crippen LogP contribution is 2.06. The lowest BCUT2D eigenvalue weighted by Crippen LogP contribution is -2.17. The quantitative estimate of drug-likeness (QED) is 0.778. The maximum atomic E-state index is 11.6. The van der Waals surface area contributed by atoms with Gasteiger partial charge in [0.1, 0.15) is 0 Å². The van der Waals surface area contributed by atoms with Gasteiger partial charge < -0.3 is 5.32 Å². The van der Waals surface area contributed by atoms with Crippen LogP contribution in [-0.2, 0) is 0 Å². The van der Waals surface area contributed by atoms with E-state index in [1.807, 2.05) is 44.2 Å². The predicted molar refractivity (Wildman–Crippen MR) is 58.1 cm³/mol. The third-order valence-electron chi connectivity index (χ3n) is 1.96. The van der Waals surface area contributed by atoms with Gasteiger partial charge in [-0.3, -0.25) is 4.79 Å². The van der Waals surface area contributed by atoms with Gasteiger partial charge in [-0.15, -0.1) is 0 Å². The van der Waals surface area contributed by atoms with Crippen molar-refractivity contribution in [3.63, 3.8) is 0 Å². The Morgan fingerprint density at radius 1 is 1.43 bits per heavy atom. The van der Waals surface area contributed by atoms with Gasteiger partial charge >= 0.3 is 0 Å². The Balaban J connectivity index is 2.70. The van der Waals surface area contributed by atoms with E-state index in [1.165, 1.54) is 0 Å². The molecular weight excluding hydrogens is 174 g/mol. The normalized spacial score (nSPS) is 10.4. The lowest BCUT2D eigenvalue weighted by atomic mass is 10.1. The molecule has 0 aliphatic rings. The highest BCUT2D eigenvalue weighted by Gasteiger charge is 2.04. The third kappa shape index (κ3) is 2.73. The molecule has 1 amide bonds. The van der Waals surface area contributed by atoms with Crippen molar-refractivity contribution < 1.29 is 4.79 Å². The van der Waals surface area contributed by atoms with Crippen LogP contribution in [0.4, 0.5) is 0 Å². The van der Waals surface area contributed by atoms with Crippen molar-refractivity contribution in [1.82, 2.24) is 5.32 Å². The first kappa shape index (κ1) is 10.5. The molecule has 1 N–H and O–H groups in total. The van der Waals surface area contributed by atoms with E-state index in [4.69, 9.17) is 0 Å². The first-order chi connectivity index (χ1) is 6.75. The average molecular weight is 189 g/mol. The lowest BCUT2D eigenvalue weighted by molar-refractivity contribution is 0.0969. The van der Waals surface area contributed by atoms with Crippen LogP contribution in [0.5, 0.6) is 0 Å². The zero-order chi connectivity index (χ0) is 10.4. The van der Waals surface area contributed by atoms with Gasteiger partial charge in [0.2, 0.25) is 0 Å². The summed E-state index contributed by atoms with van der Waals surface area (Å²) in [4.78, 5) is 11.6. The van der Waals surface area contributed by atoms with E-state index < -0.39 is 0 Å². The number of amides is 1. The van der Waals surface area contributed by atoms with Crippen LogP contribution in [0.1, 0.15) is 29.3 Å². The smallest absolute Gasteiger partial charge is 0.255 e. The molecule has 0 bridgehead atoms. The Bertz CT molecular complexity index is 342. The second kappa shape index (κ2) is 5.22. The standard InChI is InChI=1S/C12H15NO/c1-3-4-9-13-12(14)11-8-6-5-7-10(11)2/h4-9H,3H2,1-2H3,(H,13,14). The molecule has 0 saturated carbocycles. The fraction of sp³-hybridized carbons (Fsp3) is 0.250. The molecule has 0 aliphatic carbocycles. The molecule has 0 atom stereocenters. The van der Waals surface area contributed by atoms with Crippen LogP contribution in [0.2, 0.25) is 0 Å². The summed E-state index contributed by atoms with van der Waals surface area (Å²) in [6, 6.07) is 7.54. The molecule has 0 unspecified atom stereocenters. The number of benzene rings is 1. The zero-order valence-corrected chi connectivity index (χ0v) is 8.58. The monoisotopic (exact) mass is 189 g/mol. The van der Waals surface area contributed by atoms with Crippen molar-refractivity contribution in [2.45, 2.75) is 20.3 Å². The molecule has 2 heteroatoms. The van der Waals surface area contributed by atoms with Gasteiger partial charge in [-0.25, -0.2) is 0 Å². The topological polar surface area (TPSA) is 29.1 Å². The van der Waals surface area contributed by atoms with Crippen molar-refractivity contribution in [3.8, 4) is 0 Å². The second-order valence-corrected chi connectivity index (χ2v) is 3.10. The Hall–Kier alpha value is -1.57. The van der Waals surface area contributed by atoms with Crippen LogP contribution in [0, 0.1) is 6.92 Å². The highest BCUT2D eigenvalue weighted by atomic mass is 16.1. The Morgan fingerprint density at radius 2 is 2.14 bits per heavy atom. The number of allylic oxidation sites excluding steroid dienone is 1. The summed E-state index contributed by atoms with van der Waals surface area (Å²) in [6.45, 7) is 3.95. The van der Waals surface area contributed by atoms with E-state index in [0.29, 0.717) is 0 Å². The molecule has 0 radical (unpaired) electrons. The minimum atomic E-state index is -0.0483. The van der Waals surface area contributed by atoms with E-state index in [-0.39, 0.29) is 5.91 Å². The molecule has 0 heterocycles. The molecule has 74 valence electrons. The number of nitrogens with one attached hydrogen (secondary N) is 1. The van der Waals surface area contributed by atoms with Gasteiger partial charge in [0, 0.05) is 11.8 Å². The zero-order valence-electron chi connectivity index (χ0n) is 8.58. The SMILES string of the molecule is CCC=CNC(=O)c1ccccc1C. The van der Waals surface area contributed by atoms with Crippen LogP contribution in [0.15, 0.2) is 36.5 Å². The molecule has 14 heavy (non-hydrogen) atoms. The molecule has 0 aliphatic heterocycles. The summed E-state index contributed by atoms with van der Waals surface area (Å²) in [5, 5.41) is 2.72. The van der Waals surface area contributed by atoms with Crippen molar-refractivity contribution in [2.24, 2.45) is 0 Å². The van der Waals surface area contributed by atoms with Gasteiger partial charge in [0.25, 0.3) is 5.91 Å². The van der Waals surface area contributed by atoms with Gasteiger partial charge in [-0.1, -0.05) is 31.2 Å². The van der Waals surface area contributed by atoms with E-state index in [2.05, 4.69) is 5.32 Å². The third-order valence-corrected chi connectivity index (χ3v) is 1.96. The molecule has 0 fully saturated rings. The van der Waals surface area contributed by atoms with E-state index >= 15 is 0 Å². The van der Waals surface area contributed by atoms with Crippen LogP contribution in [0.25, 0.3) is 0 Å². The van der Waals surface area contributed by atoms with Gasteiger partial charge in [-0.2, -0.15) is 0 Å². The fourth-order valence-electron chi connectivity index (χ4n) is 1.16. The summed E-state index contributed by atoms with van der Waals surface area (Å²) < 4.78 is 0. The number of carbonyl (C=O) groups excluding carboxylic acids is 1. The molecule has 2 nitrogen and oxygen atoms in total. The molecular formula is C12H15NO. The Labute approximate surface area is 84.6 Å². The summed E-state index contributed by atoms with van der Waals surface area (Å²) >= 11 is 0. The summed E-state index contributed by atoms with van der Waals surface area (Å²) in [6.07, 6.45) is 4.53. The molecule has 0 saturated heterocycles. The minimum absolute atomic E-state index is 0.0483. The Kier molecular flexibility index (Phi) is 3.92. The molecule has 1 aromatic rings. The number of rotatable bonds is 3. The van der Waals surface area contributed by atoms with Crippen molar-refractivity contribution in [3.05, 3.63) is 47.7 Å². The molecule has 1 aromatic carbocycles. The number of carbonyl (C=O) groups is 1. The van der Waals surface area contributed by atoms with Gasteiger partial charge in [0.15, 0.2) is 0 Å². The highest BCUT2D eigenvalue weighted by molar-refractivity contribution is 5.96. The van der Waals surface area contributed by atoms with Crippen molar-refractivity contribution in [2.75, 3.05) is 0 Å². The number of hydrogen-bond acceptors (Lipinski definition) is 1. The maximum Gasteiger partial charge on any atom is 0.255 e. The number of hydrogen-bond donors (Lipinski definition) is 1. The second-order valence-electron chi connectivity index (χ2n) is 3.10. The first-order valence-electron chi connectivity index (χ1n) is 4.77. The lowest BCUT2D eigenvalue weighted by Gasteiger charge is -2.03. The fourth-order valence-corrected chi connectivity index (χ4v) is 1.16. The average Bonchev–Trinajstić information content (AvgIpc) is 2.18. The van der Waals surface area contributed by atoms with Crippen molar-refractivity contribution >= 4 is 5.91 Å². The summed E-state index contributed by atoms with van der Waals surface area (Å²) in [5.74, 6) is -0.0483. The van der Waals surface area contributed by atoms with Crippen LogP contribution in [0.3, 0.4) is 0 Å². The van der Waals surface area contributed by atoms with E-state index in [1.54, 1.807) is 6.20 Å². The van der Waals surface area contributed by atoms with Crippen LogP contribution < -0.4 is 5.32 Å².